The van der Waals surface area contributed by atoms with E-state index in [0.29, 0.717) is 0 Å². The molecule has 0 aliphatic heterocycles. The lowest BCUT2D eigenvalue weighted by Gasteiger charge is -2.06. The quantitative estimate of drug-likeness (QED) is 0.867. The first-order valence-corrected chi connectivity index (χ1v) is 6.27. The van der Waals surface area contributed by atoms with Crippen molar-refractivity contribution >= 4 is 31.9 Å². The normalized spacial score (nSPS) is 11.4. The number of carboxylic acids is 1. The van der Waals surface area contributed by atoms with Gasteiger partial charge in [-0.15, -0.1) is 0 Å². The number of rotatable bonds is 4. The third-order valence-electron chi connectivity index (χ3n) is 1.60. The average Bonchev–Trinajstić information content (AvgIpc) is 2.14. The maximum Gasteiger partial charge on any atom is 0.318 e. The minimum absolute atomic E-state index is 0.0328. The zero-order chi connectivity index (χ0) is 12.3. The molecule has 1 aromatic carbocycles. The Morgan fingerprint density at radius 3 is 2.62 bits per heavy atom. The maximum absolute atomic E-state index is 12.7. The standard InChI is InChI=1S/C8H7BrFNO4S/c9-6-3-5(10)1-2-7(6)16(14,15)11-4-8(12)13/h1-3,11H,4H2,(H,12,13). The zero-order valence-electron chi connectivity index (χ0n) is 7.78. The van der Waals surface area contributed by atoms with E-state index in [-0.39, 0.29) is 9.37 Å². The predicted octanol–water partition coefficient (Wildman–Crippen LogP) is 0.951. The molecule has 0 heterocycles. The second kappa shape index (κ2) is 4.89. The van der Waals surface area contributed by atoms with Gasteiger partial charge in [0.25, 0.3) is 0 Å². The summed E-state index contributed by atoms with van der Waals surface area (Å²) in [6, 6.07) is 3.00. The minimum Gasteiger partial charge on any atom is -0.480 e. The van der Waals surface area contributed by atoms with Crippen LogP contribution in [0.15, 0.2) is 27.6 Å². The van der Waals surface area contributed by atoms with E-state index in [1.807, 2.05) is 4.72 Å². The summed E-state index contributed by atoms with van der Waals surface area (Å²) in [6.07, 6.45) is 0. The van der Waals surface area contributed by atoms with Gasteiger partial charge in [0.1, 0.15) is 12.4 Å². The molecule has 0 aliphatic rings. The van der Waals surface area contributed by atoms with Crippen molar-refractivity contribution in [2.24, 2.45) is 0 Å². The highest BCUT2D eigenvalue weighted by Crippen LogP contribution is 2.22. The molecule has 8 heteroatoms. The summed E-state index contributed by atoms with van der Waals surface area (Å²) in [5.41, 5.74) is 0. The van der Waals surface area contributed by atoms with Crippen molar-refractivity contribution in [2.45, 2.75) is 4.90 Å². The van der Waals surface area contributed by atoms with Gasteiger partial charge in [-0.25, -0.2) is 12.8 Å². The molecule has 0 amide bonds. The highest BCUT2D eigenvalue weighted by Gasteiger charge is 2.18. The van der Waals surface area contributed by atoms with Crippen LogP contribution in [0.2, 0.25) is 0 Å². The van der Waals surface area contributed by atoms with E-state index in [2.05, 4.69) is 15.9 Å². The lowest BCUT2D eigenvalue weighted by atomic mass is 10.3. The first-order chi connectivity index (χ1) is 7.33. The molecule has 1 rings (SSSR count). The summed E-state index contributed by atoms with van der Waals surface area (Å²) < 4.78 is 37.7. The van der Waals surface area contributed by atoms with Gasteiger partial charge in [-0.1, -0.05) is 0 Å². The number of halogens is 2. The number of benzene rings is 1. The van der Waals surface area contributed by atoms with Crippen molar-refractivity contribution in [3.8, 4) is 0 Å². The smallest absolute Gasteiger partial charge is 0.318 e. The van der Waals surface area contributed by atoms with Gasteiger partial charge in [0.05, 0.1) is 4.90 Å². The van der Waals surface area contributed by atoms with Gasteiger partial charge in [-0.2, -0.15) is 4.72 Å². The van der Waals surface area contributed by atoms with E-state index >= 15 is 0 Å². The molecule has 0 aliphatic carbocycles. The Labute approximate surface area is 99.5 Å². The lowest BCUT2D eigenvalue weighted by molar-refractivity contribution is -0.135. The Kier molecular flexibility index (Phi) is 4.00. The second-order valence-electron chi connectivity index (χ2n) is 2.79. The molecule has 1 aromatic rings. The Morgan fingerprint density at radius 1 is 1.50 bits per heavy atom. The summed E-state index contributed by atoms with van der Waals surface area (Å²) in [5.74, 6) is -1.90. The van der Waals surface area contributed by atoms with E-state index in [4.69, 9.17) is 5.11 Å². The molecule has 0 aromatic heterocycles. The molecule has 0 radical (unpaired) electrons. The highest BCUT2D eigenvalue weighted by molar-refractivity contribution is 9.10. The molecule has 0 bridgehead atoms. The molecular formula is C8H7BrFNO4S. The Morgan fingerprint density at radius 2 is 2.12 bits per heavy atom. The van der Waals surface area contributed by atoms with Crippen LogP contribution >= 0.6 is 15.9 Å². The largest absolute Gasteiger partial charge is 0.480 e. The van der Waals surface area contributed by atoms with E-state index in [9.17, 15) is 17.6 Å². The van der Waals surface area contributed by atoms with E-state index in [1.54, 1.807) is 0 Å². The minimum atomic E-state index is -3.95. The van der Waals surface area contributed by atoms with Gasteiger partial charge in [0, 0.05) is 4.47 Å². The number of carbonyl (C=O) groups is 1. The van der Waals surface area contributed by atoms with Crippen LogP contribution in [0.3, 0.4) is 0 Å². The monoisotopic (exact) mass is 311 g/mol. The molecule has 0 spiro atoms. The first-order valence-electron chi connectivity index (χ1n) is 3.99. The molecule has 0 atom stereocenters. The van der Waals surface area contributed by atoms with E-state index in [1.165, 1.54) is 0 Å². The SMILES string of the molecule is O=C(O)CNS(=O)(=O)c1ccc(F)cc1Br. The number of hydrogen-bond acceptors (Lipinski definition) is 3. The zero-order valence-corrected chi connectivity index (χ0v) is 10.2. The summed E-state index contributed by atoms with van der Waals surface area (Å²) in [6.45, 7) is -0.730. The topological polar surface area (TPSA) is 83.5 Å². The predicted molar refractivity (Wildman–Crippen MR) is 56.9 cm³/mol. The molecule has 0 unspecified atom stereocenters. The van der Waals surface area contributed by atoms with Crippen LogP contribution in [0.5, 0.6) is 0 Å². The average molecular weight is 312 g/mol. The Balaban J connectivity index is 3.03. The van der Waals surface area contributed by atoms with Crippen molar-refractivity contribution in [3.63, 3.8) is 0 Å². The maximum atomic E-state index is 12.7. The third kappa shape index (κ3) is 3.26. The molecule has 88 valence electrons. The summed E-state index contributed by atoms with van der Waals surface area (Å²) in [7, 11) is -3.95. The number of sulfonamides is 1. The number of aliphatic carboxylic acids is 1. The molecular weight excluding hydrogens is 305 g/mol. The van der Waals surface area contributed by atoms with Crippen LogP contribution in [-0.4, -0.2) is 26.0 Å². The third-order valence-corrected chi connectivity index (χ3v) is 3.97. The van der Waals surface area contributed by atoms with Crippen molar-refractivity contribution in [3.05, 3.63) is 28.5 Å². The van der Waals surface area contributed by atoms with Crippen molar-refractivity contribution < 1.29 is 22.7 Å². The fourth-order valence-corrected chi connectivity index (χ4v) is 2.95. The van der Waals surface area contributed by atoms with Crippen LogP contribution in [0.1, 0.15) is 0 Å². The first kappa shape index (κ1) is 13.1. The molecule has 0 saturated heterocycles. The molecule has 0 saturated carbocycles. The lowest BCUT2D eigenvalue weighted by Crippen LogP contribution is -2.29. The number of hydrogen-bond donors (Lipinski definition) is 2. The Bertz CT molecular complexity index is 517. The molecule has 16 heavy (non-hydrogen) atoms. The second-order valence-corrected chi connectivity index (χ2v) is 5.38. The van der Waals surface area contributed by atoms with E-state index in [0.717, 1.165) is 18.2 Å². The fourth-order valence-electron chi connectivity index (χ4n) is 0.928. The summed E-state index contributed by atoms with van der Waals surface area (Å²) in [5, 5.41) is 8.34. The van der Waals surface area contributed by atoms with E-state index < -0.39 is 28.4 Å². The van der Waals surface area contributed by atoms with Gasteiger partial charge in [0.2, 0.25) is 10.0 Å². The Hall–Kier alpha value is -0.990. The van der Waals surface area contributed by atoms with Crippen molar-refractivity contribution in [2.75, 3.05) is 6.54 Å². The summed E-state index contributed by atoms with van der Waals surface area (Å²) in [4.78, 5) is 10.0. The van der Waals surface area contributed by atoms with Crippen molar-refractivity contribution in [1.29, 1.82) is 0 Å². The van der Waals surface area contributed by atoms with Crippen LogP contribution in [-0.2, 0) is 14.8 Å². The van der Waals surface area contributed by atoms with Gasteiger partial charge >= 0.3 is 5.97 Å². The van der Waals surface area contributed by atoms with Gasteiger partial charge < -0.3 is 5.11 Å². The highest BCUT2D eigenvalue weighted by atomic mass is 79.9. The molecule has 5 nitrogen and oxygen atoms in total. The number of carboxylic acid groups (broad SMARTS) is 1. The van der Waals surface area contributed by atoms with Gasteiger partial charge in [-0.05, 0) is 34.1 Å². The van der Waals surface area contributed by atoms with Crippen LogP contribution in [0.4, 0.5) is 4.39 Å². The van der Waals surface area contributed by atoms with Crippen LogP contribution in [0.25, 0.3) is 0 Å². The van der Waals surface area contributed by atoms with Gasteiger partial charge in [-0.3, -0.25) is 4.79 Å². The number of nitrogens with one attached hydrogen (secondary N) is 1. The fraction of sp³-hybridized carbons (Fsp3) is 0.125. The van der Waals surface area contributed by atoms with Crippen LogP contribution < -0.4 is 4.72 Å². The molecule has 2 N–H and O–H groups in total. The van der Waals surface area contributed by atoms with Gasteiger partial charge in [0.15, 0.2) is 0 Å². The van der Waals surface area contributed by atoms with Crippen molar-refractivity contribution in [1.82, 2.24) is 4.72 Å². The molecule has 0 fully saturated rings. The summed E-state index contributed by atoms with van der Waals surface area (Å²) >= 11 is 2.88. The van der Waals surface area contributed by atoms with Crippen LogP contribution in [0, 0.1) is 5.82 Å².